The van der Waals surface area contributed by atoms with E-state index in [-0.39, 0.29) is 18.0 Å². The van der Waals surface area contributed by atoms with Crippen LogP contribution in [-0.4, -0.2) is 53.1 Å². The molecule has 0 spiro atoms. The predicted molar refractivity (Wildman–Crippen MR) is 80.6 cm³/mol. The molecule has 5 nitrogen and oxygen atoms in total. The van der Waals surface area contributed by atoms with E-state index in [9.17, 15) is 9.59 Å². The molecule has 0 unspecified atom stereocenters. The van der Waals surface area contributed by atoms with Crippen LogP contribution in [0.2, 0.25) is 0 Å². The van der Waals surface area contributed by atoms with Crippen molar-refractivity contribution in [2.75, 3.05) is 19.6 Å². The van der Waals surface area contributed by atoms with Crippen LogP contribution in [0.25, 0.3) is 0 Å². The standard InChI is InChI=1S/C16H27N2O3/c1-12-7-10-17(11-8-12)14(19)13-6-5-9-18(13)15(20)21-16(2,3)4/h12-13H,1,5-11H2,2-4H3/t13-/m0/s1. The normalized spacial score (nSPS) is 24.3. The monoisotopic (exact) mass is 295 g/mol. The summed E-state index contributed by atoms with van der Waals surface area (Å²) in [4.78, 5) is 28.4. The van der Waals surface area contributed by atoms with Gasteiger partial charge in [0.15, 0.2) is 0 Å². The predicted octanol–water partition coefficient (Wildman–Crippen LogP) is 2.46. The molecule has 2 amide bonds. The van der Waals surface area contributed by atoms with E-state index in [0.29, 0.717) is 12.5 Å². The van der Waals surface area contributed by atoms with Gasteiger partial charge in [-0.25, -0.2) is 4.79 Å². The molecule has 0 aromatic rings. The molecule has 21 heavy (non-hydrogen) atoms. The molecule has 119 valence electrons. The van der Waals surface area contributed by atoms with E-state index in [4.69, 9.17) is 4.74 Å². The van der Waals surface area contributed by atoms with Gasteiger partial charge in [0.1, 0.15) is 11.6 Å². The Morgan fingerprint density at radius 2 is 1.71 bits per heavy atom. The van der Waals surface area contributed by atoms with E-state index in [1.807, 2.05) is 25.7 Å². The van der Waals surface area contributed by atoms with E-state index in [0.717, 1.165) is 38.8 Å². The molecule has 2 heterocycles. The lowest BCUT2D eigenvalue weighted by Gasteiger charge is -2.35. The molecule has 0 aromatic heterocycles. The molecular weight excluding hydrogens is 268 g/mol. The molecule has 0 bridgehead atoms. The minimum absolute atomic E-state index is 0.0743. The zero-order valence-electron chi connectivity index (χ0n) is 13.4. The molecule has 2 fully saturated rings. The van der Waals surface area contributed by atoms with Crippen molar-refractivity contribution in [3.63, 3.8) is 0 Å². The Morgan fingerprint density at radius 3 is 2.29 bits per heavy atom. The Hall–Kier alpha value is -1.26. The summed E-state index contributed by atoms with van der Waals surface area (Å²) in [5.41, 5.74) is -0.528. The number of amides is 2. The molecule has 2 aliphatic rings. The Bertz CT molecular complexity index is 395. The summed E-state index contributed by atoms with van der Waals surface area (Å²) >= 11 is 0. The van der Waals surface area contributed by atoms with Crippen LogP contribution in [0.15, 0.2) is 0 Å². The van der Waals surface area contributed by atoms with E-state index < -0.39 is 5.60 Å². The van der Waals surface area contributed by atoms with Crippen molar-refractivity contribution < 1.29 is 14.3 Å². The Morgan fingerprint density at radius 1 is 1.10 bits per heavy atom. The summed E-state index contributed by atoms with van der Waals surface area (Å²) in [5.74, 6) is 0.518. The topological polar surface area (TPSA) is 49.9 Å². The van der Waals surface area contributed by atoms with Crippen LogP contribution < -0.4 is 0 Å². The lowest BCUT2D eigenvalue weighted by atomic mass is 9.98. The summed E-state index contributed by atoms with van der Waals surface area (Å²) in [6.45, 7) is 11.7. The highest BCUT2D eigenvalue weighted by Crippen LogP contribution is 2.24. The third kappa shape index (κ3) is 4.11. The van der Waals surface area contributed by atoms with Gasteiger partial charge >= 0.3 is 6.09 Å². The van der Waals surface area contributed by atoms with E-state index >= 15 is 0 Å². The average Bonchev–Trinajstić information content (AvgIpc) is 2.86. The summed E-state index contributed by atoms with van der Waals surface area (Å²) in [6, 6.07) is -0.346. The fraction of sp³-hybridized carbons (Fsp3) is 0.812. The average molecular weight is 295 g/mol. The van der Waals surface area contributed by atoms with Crippen molar-refractivity contribution >= 4 is 12.0 Å². The van der Waals surface area contributed by atoms with Gasteiger partial charge in [-0.1, -0.05) is 6.92 Å². The van der Waals surface area contributed by atoms with Crippen LogP contribution in [0.3, 0.4) is 0 Å². The number of nitrogens with zero attached hydrogens (tertiary/aromatic N) is 2. The summed E-state index contributed by atoms with van der Waals surface area (Å²) in [6.07, 6.45) is 3.13. The maximum Gasteiger partial charge on any atom is 0.410 e. The largest absolute Gasteiger partial charge is 0.444 e. The van der Waals surface area contributed by atoms with Crippen LogP contribution in [0.5, 0.6) is 0 Å². The number of hydrogen-bond acceptors (Lipinski definition) is 3. The molecule has 2 aliphatic heterocycles. The van der Waals surface area contributed by atoms with Crippen molar-refractivity contribution in [1.82, 2.24) is 9.80 Å². The van der Waals surface area contributed by atoms with Gasteiger partial charge in [-0.15, -0.1) is 0 Å². The van der Waals surface area contributed by atoms with Gasteiger partial charge in [0, 0.05) is 19.6 Å². The smallest absolute Gasteiger partial charge is 0.410 e. The molecule has 0 aliphatic carbocycles. The van der Waals surface area contributed by atoms with Gasteiger partial charge in [0.2, 0.25) is 5.91 Å². The first-order valence-electron chi connectivity index (χ1n) is 7.89. The fourth-order valence-electron chi connectivity index (χ4n) is 2.93. The second-order valence-electron chi connectivity index (χ2n) is 7.10. The van der Waals surface area contributed by atoms with Crippen molar-refractivity contribution in [1.29, 1.82) is 0 Å². The Labute approximate surface area is 127 Å². The third-order valence-corrected chi connectivity index (χ3v) is 4.09. The maximum atomic E-state index is 12.6. The van der Waals surface area contributed by atoms with Crippen LogP contribution in [0.1, 0.15) is 46.5 Å². The molecular formula is C16H27N2O3. The quantitative estimate of drug-likeness (QED) is 0.746. The molecule has 1 radical (unpaired) electrons. The first-order valence-corrected chi connectivity index (χ1v) is 7.89. The lowest BCUT2D eigenvalue weighted by molar-refractivity contribution is -0.137. The summed E-state index contributed by atoms with van der Waals surface area (Å²) in [7, 11) is 0. The molecule has 2 saturated heterocycles. The number of likely N-dealkylation sites (tertiary alicyclic amines) is 2. The minimum Gasteiger partial charge on any atom is -0.444 e. The van der Waals surface area contributed by atoms with Gasteiger partial charge < -0.3 is 9.64 Å². The fourth-order valence-corrected chi connectivity index (χ4v) is 2.93. The van der Waals surface area contributed by atoms with Gasteiger partial charge in [0.25, 0.3) is 0 Å². The van der Waals surface area contributed by atoms with Gasteiger partial charge in [-0.05, 0) is 52.4 Å². The number of ether oxygens (including phenoxy) is 1. The van der Waals surface area contributed by atoms with Crippen LogP contribution in [0, 0.1) is 12.8 Å². The molecule has 2 rings (SSSR count). The van der Waals surface area contributed by atoms with E-state index in [1.165, 1.54) is 0 Å². The number of rotatable bonds is 1. The summed E-state index contributed by atoms with van der Waals surface area (Å²) in [5, 5.41) is 0. The SMILES string of the molecule is [CH2]C1CCN(C(=O)[C@@H]2CCCN2C(=O)OC(C)(C)C)CC1. The van der Waals surface area contributed by atoms with Crippen molar-refractivity contribution in [3.8, 4) is 0 Å². The first kappa shape index (κ1) is 16.1. The van der Waals surface area contributed by atoms with Gasteiger partial charge in [0.05, 0.1) is 0 Å². The number of carbonyl (C=O) groups is 2. The van der Waals surface area contributed by atoms with Crippen molar-refractivity contribution in [3.05, 3.63) is 6.92 Å². The zero-order valence-corrected chi connectivity index (χ0v) is 13.4. The van der Waals surface area contributed by atoms with Crippen LogP contribution in [-0.2, 0) is 9.53 Å². The highest BCUT2D eigenvalue weighted by atomic mass is 16.6. The molecule has 5 heteroatoms. The van der Waals surface area contributed by atoms with Crippen molar-refractivity contribution in [2.45, 2.75) is 58.1 Å². The minimum atomic E-state index is -0.528. The molecule has 0 aromatic carbocycles. The lowest BCUT2D eigenvalue weighted by Crippen LogP contribution is -2.50. The van der Waals surface area contributed by atoms with E-state index in [1.54, 1.807) is 4.90 Å². The second kappa shape index (κ2) is 6.24. The molecule has 0 saturated carbocycles. The summed E-state index contributed by atoms with van der Waals surface area (Å²) < 4.78 is 5.41. The van der Waals surface area contributed by atoms with Crippen LogP contribution in [0.4, 0.5) is 4.79 Å². The van der Waals surface area contributed by atoms with Crippen LogP contribution >= 0.6 is 0 Å². The maximum absolute atomic E-state index is 12.6. The second-order valence-corrected chi connectivity index (χ2v) is 7.10. The van der Waals surface area contributed by atoms with E-state index in [2.05, 4.69) is 6.92 Å². The number of piperidine rings is 1. The number of hydrogen-bond donors (Lipinski definition) is 0. The van der Waals surface area contributed by atoms with Gasteiger partial charge in [-0.2, -0.15) is 0 Å². The Balaban J connectivity index is 1.98. The molecule has 0 N–H and O–H groups in total. The highest BCUT2D eigenvalue weighted by molar-refractivity contribution is 5.86. The Kier molecular flexibility index (Phi) is 4.79. The van der Waals surface area contributed by atoms with Crippen molar-refractivity contribution in [2.24, 2.45) is 5.92 Å². The highest BCUT2D eigenvalue weighted by Gasteiger charge is 2.39. The number of carbonyl (C=O) groups excluding carboxylic acids is 2. The zero-order chi connectivity index (χ0) is 15.6. The molecule has 1 atom stereocenters. The van der Waals surface area contributed by atoms with Gasteiger partial charge in [-0.3, -0.25) is 9.69 Å². The third-order valence-electron chi connectivity index (χ3n) is 4.09. The first-order chi connectivity index (χ1) is 9.78.